The Morgan fingerprint density at radius 2 is 1.90 bits per heavy atom. The molecule has 0 aromatic heterocycles. The van der Waals surface area contributed by atoms with Crippen molar-refractivity contribution in [2.45, 2.75) is 12.5 Å². The van der Waals surface area contributed by atoms with Gasteiger partial charge in [0.05, 0.1) is 21.6 Å². The third-order valence-corrected chi connectivity index (χ3v) is 5.23. The second kappa shape index (κ2) is 9.15. The smallest absolute Gasteiger partial charge is 0.295 e. The van der Waals surface area contributed by atoms with Crippen molar-refractivity contribution in [3.63, 3.8) is 0 Å². The maximum absolute atomic E-state index is 12.8. The Hall–Kier alpha value is -3.43. The largest absolute Gasteiger partial charge is 0.507 e. The van der Waals surface area contributed by atoms with Crippen LogP contribution in [0.25, 0.3) is 5.76 Å². The van der Waals surface area contributed by atoms with Gasteiger partial charge in [-0.2, -0.15) is 0 Å². The Morgan fingerprint density at radius 1 is 1.23 bits per heavy atom. The molecular weight excluding hydrogens is 428 g/mol. The van der Waals surface area contributed by atoms with Crippen LogP contribution in [0.3, 0.4) is 0 Å². The first-order valence-electron chi connectivity index (χ1n) is 9.26. The van der Waals surface area contributed by atoms with Crippen LogP contribution in [0.1, 0.15) is 23.6 Å². The number of likely N-dealkylation sites (tertiary alicyclic amines) is 1. The number of ketones is 1. The molecule has 0 radical (unpaired) electrons. The van der Waals surface area contributed by atoms with Crippen LogP contribution in [-0.4, -0.2) is 52.0 Å². The minimum Gasteiger partial charge on any atom is -0.507 e. The first-order chi connectivity index (χ1) is 14.8. The number of nitro benzene ring substituents is 1. The quantitative estimate of drug-likeness (QED) is 0.166. The molecule has 31 heavy (non-hydrogen) atoms. The van der Waals surface area contributed by atoms with Crippen LogP contribution in [-0.2, 0) is 14.3 Å². The van der Waals surface area contributed by atoms with E-state index in [1.807, 2.05) is 0 Å². The Kier molecular flexibility index (Phi) is 6.57. The fourth-order valence-corrected chi connectivity index (χ4v) is 3.62. The number of phenolic OH excluding ortho intramolecular Hbond substituents is 1. The van der Waals surface area contributed by atoms with Crippen LogP contribution in [0.15, 0.2) is 48.0 Å². The Bertz CT molecular complexity index is 1070. The van der Waals surface area contributed by atoms with Gasteiger partial charge in [0.2, 0.25) is 0 Å². The number of rotatable bonds is 7. The van der Waals surface area contributed by atoms with Gasteiger partial charge in [0.15, 0.2) is 0 Å². The van der Waals surface area contributed by atoms with Crippen molar-refractivity contribution in [2.75, 3.05) is 20.3 Å². The third-order valence-electron chi connectivity index (χ3n) is 4.93. The fraction of sp³-hybridized carbons (Fsp3) is 0.238. The van der Waals surface area contributed by atoms with Gasteiger partial charge in [-0.25, -0.2) is 0 Å². The van der Waals surface area contributed by atoms with Crippen LogP contribution in [0, 0.1) is 10.1 Å². The fourth-order valence-electron chi connectivity index (χ4n) is 3.43. The summed E-state index contributed by atoms with van der Waals surface area (Å²) in [6.45, 7) is 0.535. The summed E-state index contributed by atoms with van der Waals surface area (Å²) in [5.41, 5.74) is 0.217. The van der Waals surface area contributed by atoms with Crippen molar-refractivity contribution in [3.05, 3.63) is 74.3 Å². The van der Waals surface area contributed by atoms with Crippen molar-refractivity contribution in [2.24, 2.45) is 0 Å². The molecule has 1 atom stereocenters. The Labute approximate surface area is 182 Å². The van der Waals surface area contributed by atoms with Crippen LogP contribution in [0.4, 0.5) is 5.69 Å². The van der Waals surface area contributed by atoms with Crippen LogP contribution >= 0.6 is 11.6 Å². The highest BCUT2D eigenvalue weighted by molar-refractivity contribution is 6.46. The zero-order chi connectivity index (χ0) is 22.7. The maximum Gasteiger partial charge on any atom is 0.295 e. The van der Waals surface area contributed by atoms with Gasteiger partial charge in [0.1, 0.15) is 11.5 Å². The molecule has 1 amide bonds. The van der Waals surface area contributed by atoms with Gasteiger partial charge < -0.3 is 19.8 Å². The topological polar surface area (TPSA) is 130 Å². The molecule has 9 nitrogen and oxygen atoms in total. The van der Waals surface area contributed by atoms with E-state index in [0.717, 1.165) is 0 Å². The second-order valence-corrected chi connectivity index (χ2v) is 7.26. The number of hydrogen-bond donors (Lipinski definition) is 2. The number of amides is 1. The number of aliphatic hydroxyl groups is 1. The lowest BCUT2D eigenvalue weighted by Gasteiger charge is -2.25. The summed E-state index contributed by atoms with van der Waals surface area (Å²) >= 11 is 6.03. The predicted molar refractivity (Wildman–Crippen MR) is 112 cm³/mol. The van der Waals surface area contributed by atoms with Gasteiger partial charge in [-0.1, -0.05) is 17.7 Å². The van der Waals surface area contributed by atoms with Crippen molar-refractivity contribution in [1.82, 2.24) is 4.90 Å². The number of carbonyl (C=O) groups excluding carboxylic acids is 2. The van der Waals surface area contributed by atoms with E-state index in [1.165, 1.54) is 54.5 Å². The molecule has 1 fully saturated rings. The summed E-state index contributed by atoms with van der Waals surface area (Å²) in [5.74, 6) is -2.31. The predicted octanol–water partition coefficient (Wildman–Crippen LogP) is 3.41. The van der Waals surface area contributed by atoms with E-state index in [9.17, 15) is 29.9 Å². The standard InChI is InChI=1S/C21H19ClN2O7/c1-31-10-2-9-23-18(13-5-8-16(25)15(22)11-13)17(20(27)21(23)28)19(26)12-3-6-14(7-4-12)24(29)30/h3-8,11,18,25-26H,2,9-10H2,1H3/b19-17-. The number of nitro groups is 1. The molecular formula is C21H19ClN2O7. The van der Waals surface area contributed by atoms with E-state index in [4.69, 9.17) is 16.3 Å². The van der Waals surface area contributed by atoms with Crippen molar-refractivity contribution in [1.29, 1.82) is 0 Å². The van der Waals surface area contributed by atoms with E-state index in [0.29, 0.717) is 18.6 Å². The minimum absolute atomic E-state index is 0.0234. The maximum atomic E-state index is 12.8. The van der Waals surface area contributed by atoms with Crippen molar-refractivity contribution < 1.29 is 29.5 Å². The van der Waals surface area contributed by atoms with Gasteiger partial charge in [-0.15, -0.1) is 0 Å². The molecule has 2 aromatic carbocycles. The lowest BCUT2D eigenvalue weighted by atomic mass is 9.95. The van der Waals surface area contributed by atoms with Crippen LogP contribution in [0.2, 0.25) is 5.02 Å². The van der Waals surface area contributed by atoms with Crippen molar-refractivity contribution >= 4 is 34.7 Å². The molecule has 10 heteroatoms. The van der Waals surface area contributed by atoms with Crippen molar-refractivity contribution in [3.8, 4) is 5.75 Å². The molecule has 3 rings (SSSR count). The van der Waals surface area contributed by atoms with E-state index < -0.39 is 28.4 Å². The molecule has 2 N–H and O–H groups in total. The summed E-state index contributed by atoms with van der Waals surface area (Å²) in [4.78, 5) is 37.2. The Balaban J connectivity index is 2.13. The van der Waals surface area contributed by atoms with Gasteiger partial charge in [-0.05, 0) is 36.2 Å². The summed E-state index contributed by atoms with van der Waals surface area (Å²) in [7, 11) is 1.51. The number of non-ortho nitro benzene ring substituents is 1. The number of halogens is 1. The number of hydrogen-bond acceptors (Lipinski definition) is 7. The van der Waals surface area contributed by atoms with Gasteiger partial charge >= 0.3 is 0 Å². The summed E-state index contributed by atoms with van der Waals surface area (Å²) < 4.78 is 5.02. The van der Waals surface area contributed by atoms with Gasteiger partial charge in [0, 0.05) is 38.0 Å². The number of ether oxygens (including phenoxy) is 1. The molecule has 0 saturated carbocycles. The number of aromatic hydroxyl groups is 1. The third kappa shape index (κ3) is 4.37. The lowest BCUT2D eigenvalue weighted by Crippen LogP contribution is -2.31. The Morgan fingerprint density at radius 3 is 2.48 bits per heavy atom. The SMILES string of the molecule is COCCCN1C(=O)C(=O)/C(=C(\O)c2ccc([N+](=O)[O-])cc2)C1c1ccc(O)c(Cl)c1. The summed E-state index contributed by atoms with van der Waals surface area (Å²) in [5, 5.41) is 31.5. The van der Waals surface area contributed by atoms with Gasteiger partial charge in [0.25, 0.3) is 17.4 Å². The zero-order valence-corrected chi connectivity index (χ0v) is 17.2. The van der Waals surface area contributed by atoms with Crippen LogP contribution < -0.4 is 0 Å². The molecule has 0 aliphatic carbocycles. The molecule has 162 valence electrons. The highest BCUT2D eigenvalue weighted by Crippen LogP contribution is 2.41. The molecule has 1 heterocycles. The van der Waals surface area contributed by atoms with E-state index in [2.05, 4.69) is 0 Å². The summed E-state index contributed by atoms with van der Waals surface area (Å²) in [6.07, 6.45) is 0.448. The minimum atomic E-state index is -0.954. The van der Waals surface area contributed by atoms with Crippen LogP contribution in [0.5, 0.6) is 5.75 Å². The van der Waals surface area contributed by atoms with E-state index in [-0.39, 0.29) is 34.1 Å². The highest BCUT2D eigenvalue weighted by atomic mass is 35.5. The zero-order valence-electron chi connectivity index (χ0n) is 16.4. The molecule has 0 spiro atoms. The number of phenols is 1. The molecule has 2 aromatic rings. The number of aliphatic hydroxyl groups excluding tert-OH is 1. The number of nitrogens with zero attached hydrogens (tertiary/aromatic N) is 2. The number of Topliss-reactive ketones (excluding diaryl/α,β-unsaturated/α-hetero) is 1. The molecule has 1 unspecified atom stereocenters. The number of methoxy groups -OCH3 is 1. The normalized spacial score (nSPS) is 17.9. The second-order valence-electron chi connectivity index (χ2n) is 6.85. The number of carbonyl (C=O) groups is 2. The molecule has 0 bridgehead atoms. The van der Waals surface area contributed by atoms with Gasteiger partial charge in [-0.3, -0.25) is 19.7 Å². The van der Waals surface area contributed by atoms with E-state index >= 15 is 0 Å². The lowest BCUT2D eigenvalue weighted by molar-refractivity contribution is -0.384. The first kappa shape index (κ1) is 22.3. The summed E-state index contributed by atoms with van der Waals surface area (Å²) in [6, 6.07) is 8.28. The number of benzene rings is 2. The first-order valence-corrected chi connectivity index (χ1v) is 9.64. The highest BCUT2D eigenvalue weighted by Gasteiger charge is 2.45. The average molecular weight is 447 g/mol. The van der Waals surface area contributed by atoms with E-state index in [1.54, 1.807) is 0 Å². The molecule has 1 saturated heterocycles. The average Bonchev–Trinajstić information content (AvgIpc) is 3.00. The monoisotopic (exact) mass is 446 g/mol. The molecule has 1 aliphatic heterocycles. The molecule has 1 aliphatic rings.